The Hall–Kier alpha value is -0.830. The number of aryl methyl sites for hydroxylation is 2. The molecule has 14 heavy (non-hydrogen) atoms. The van der Waals surface area contributed by atoms with Crippen molar-refractivity contribution in [3.05, 3.63) is 16.5 Å². The number of rotatable bonds is 1. The fourth-order valence-corrected chi connectivity index (χ4v) is 1.86. The van der Waals surface area contributed by atoms with Crippen LogP contribution in [0.5, 0.6) is 0 Å². The van der Waals surface area contributed by atoms with E-state index in [0.717, 1.165) is 5.00 Å². The molecule has 0 aliphatic heterocycles. The van der Waals surface area contributed by atoms with Gasteiger partial charge in [0.05, 0.1) is 5.00 Å². The molecule has 0 aromatic carbocycles. The summed E-state index contributed by atoms with van der Waals surface area (Å²) >= 11 is 1.63. The van der Waals surface area contributed by atoms with E-state index < -0.39 is 0 Å². The highest BCUT2D eigenvalue weighted by Gasteiger charge is 2.21. The number of amides is 1. The van der Waals surface area contributed by atoms with E-state index in [1.807, 2.05) is 26.8 Å². The Morgan fingerprint density at radius 2 is 1.93 bits per heavy atom. The normalized spacial score (nSPS) is 11.5. The maximum atomic E-state index is 11.7. The minimum Gasteiger partial charge on any atom is -0.317 e. The van der Waals surface area contributed by atoms with Crippen molar-refractivity contribution in [1.29, 1.82) is 0 Å². The number of hydrogen-bond acceptors (Lipinski definition) is 2. The molecule has 1 aromatic rings. The zero-order chi connectivity index (χ0) is 10.9. The molecule has 1 heterocycles. The summed E-state index contributed by atoms with van der Waals surface area (Å²) in [4.78, 5) is 12.9. The van der Waals surface area contributed by atoms with Gasteiger partial charge in [0.25, 0.3) is 0 Å². The molecular formula is C11H17NOS. The molecule has 2 nitrogen and oxygen atoms in total. The molecule has 0 saturated carbocycles. The van der Waals surface area contributed by atoms with Gasteiger partial charge in [-0.25, -0.2) is 0 Å². The van der Waals surface area contributed by atoms with Gasteiger partial charge in [0, 0.05) is 10.3 Å². The molecule has 3 heteroatoms. The average Bonchev–Trinajstić information content (AvgIpc) is 2.29. The lowest BCUT2D eigenvalue weighted by molar-refractivity contribution is -0.123. The van der Waals surface area contributed by atoms with Crippen LogP contribution in [0, 0.1) is 19.3 Å². The minimum absolute atomic E-state index is 0.0683. The first-order valence-corrected chi connectivity index (χ1v) is 5.51. The van der Waals surface area contributed by atoms with Crippen LogP contribution in [-0.2, 0) is 4.79 Å². The highest BCUT2D eigenvalue weighted by Crippen LogP contribution is 2.27. The zero-order valence-electron chi connectivity index (χ0n) is 9.39. The molecule has 0 aliphatic carbocycles. The van der Waals surface area contributed by atoms with Crippen molar-refractivity contribution in [3.63, 3.8) is 0 Å². The Balaban J connectivity index is 2.75. The predicted octanol–water partition coefficient (Wildman–Crippen LogP) is 3.35. The van der Waals surface area contributed by atoms with Crippen LogP contribution < -0.4 is 5.32 Å². The minimum atomic E-state index is -0.328. The van der Waals surface area contributed by atoms with Gasteiger partial charge in [-0.1, -0.05) is 20.8 Å². The van der Waals surface area contributed by atoms with E-state index in [1.165, 1.54) is 10.4 Å². The van der Waals surface area contributed by atoms with Crippen molar-refractivity contribution in [1.82, 2.24) is 0 Å². The highest BCUT2D eigenvalue weighted by atomic mass is 32.1. The van der Waals surface area contributed by atoms with Crippen LogP contribution in [0.1, 0.15) is 31.2 Å². The molecule has 1 rings (SSSR count). The fourth-order valence-electron chi connectivity index (χ4n) is 0.934. The molecule has 1 N–H and O–H groups in total. The first kappa shape index (κ1) is 11.2. The smallest absolute Gasteiger partial charge is 0.230 e. The van der Waals surface area contributed by atoms with E-state index in [0.29, 0.717) is 0 Å². The largest absolute Gasteiger partial charge is 0.317 e. The van der Waals surface area contributed by atoms with Crippen LogP contribution in [0.3, 0.4) is 0 Å². The Labute approximate surface area is 89.3 Å². The van der Waals surface area contributed by atoms with Crippen molar-refractivity contribution < 1.29 is 4.79 Å². The van der Waals surface area contributed by atoms with E-state index in [1.54, 1.807) is 11.3 Å². The van der Waals surface area contributed by atoms with Gasteiger partial charge in [-0.15, -0.1) is 11.3 Å². The summed E-state index contributed by atoms with van der Waals surface area (Å²) < 4.78 is 0. The van der Waals surface area contributed by atoms with Crippen molar-refractivity contribution in [2.24, 2.45) is 5.41 Å². The van der Waals surface area contributed by atoms with Gasteiger partial charge in [-0.05, 0) is 25.5 Å². The third-order valence-electron chi connectivity index (χ3n) is 2.08. The molecule has 0 fully saturated rings. The van der Waals surface area contributed by atoms with E-state index in [9.17, 15) is 4.79 Å². The number of hydrogen-bond donors (Lipinski definition) is 1. The lowest BCUT2D eigenvalue weighted by Crippen LogP contribution is -2.27. The first-order valence-electron chi connectivity index (χ1n) is 4.69. The molecule has 0 radical (unpaired) electrons. The number of carbonyl (C=O) groups is 1. The number of thiophene rings is 1. The second kappa shape index (κ2) is 3.73. The van der Waals surface area contributed by atoms with Crippen molar-refractivity contribution in [2.75, 3.05) is 5.32 Å². The molecule has 0 spiro atoms. The maximum absolute atomic E-state index is 11.7. The van der Waals surface area contributed by atoms with Crippen LogP contribution in [0.2, 0.25) is 0 Å². The van der Waals surface area contributed by atoms with Gasteiger partial charge < -0.3 is 5.32 Å². The molecule has 1 aromatic heterocycles. The molecule has 1 amide bonds. The highest BCUT2D eigenvalue weighted by molar-refractivity contribution is 7.16. The summed E-state index contributed by atoms with van der Waals surface area (Å²) in [6.45, 7) is 9.85. The molecule has 78 valence electrons. The Morgan fingerprint density at radius 3 is 2.29 bits per heavy atom. The number of anilines is 1. The lowest BCUT2D eigenvalue weighted by atomic mass is 9.96. The predicted molar refractivity (Wildman–Crippen MR) is 61.9 cm³/mol. The average molecular weight is 211 g/mol. The summed E-state index contributed by atoms with van der Waals surface area (Å²) in [7, 11) is 0. The summed E-state index contributed by atoms with van der Waals surface area (Å²) in [6, 6.07) is 2.02. The van der Waals surface area contributed by atoms with Crippen molar-refractivity contribution >= 4 is 22.2 Å². The first-order chi connectivity index (χ1) is 6.30. The summed E-state index contributed by atoms with van der Waals surface area (Å²) in [6.07, 6.45) is 0. The zero-order valence-corrected chi connectivity index (χ0v) is 10.2. The lowest BCUT2D eigenvalue weighted by Gasteiger charge is -2.16. The number of carbonyl (C=O) groups excluding carboxylic acids is 1. The van der Waals surface area contributed by atoms with Crippen LogP contribution in [0.15, 0.2) is 6.07 Å². The van der Waals surface area contributed by atoms with E-state index in [2.05, 4.69) is 19.2 Å². The monoisotopic (exact) mass is 211 g/mol. The van der Waals surface area contributed by atoms with Gasteiger partial charge in [-0.3, -0.25) is 4.79 Å². The van der Waals surface area contributed by atoms with Crippen molar-refractivity contribution in [2.45, 2.75) is 34.6 Å². The van der Waals surface area contributed by atoms with Crippen LogP contribution in [-0.4, -0.2) is 5.91 Å². The van der Waals surface area contributed by atoms with Crippen LogP contribution in [0.4, 0.5) is 5.00 Å². The van der Waals surface area contributed by atoms with Gasteiger partial charge in [0.15, 0.2) is 0 Å². The topological polar surface area (TPSA) is 29.1 Å². The quantitative estimate of drug-likeness (QED) is 0.758. The van der Waals surface area contributed by atoms with Crippen molar-refractivity contribution in [3.8, 4) is 0 Å². The van der Waals surface area contributed by atoms with Gasteiger partial charge in [-0.2, -0.15) is 0 Å². The van der Waals surface area contributed by atoms with E-state index in [-0.39, 0.29) is 11.3 Å². The van der Waals surface area contributed by atoms with Gasteiger partial charge in [0.1, 0.15) is 0 Å². The summed E-state index contributed by atoms with van der Waals surface area (Å²) in [5.74, 6) is 0.0683. The molecule has 0 bridgehead atoms. The molecule has 0 unspecified atom stereocenters. The SMILES string of the molecule is Cc1cc(NC(=O)C(C)(C)C)sc1C. The summed E-state index contributed by atoms with van der Waals surface area (Å²) in [5.41, 5.74) is 0.908. The van der Waals surface area contributed by atoms with E-state index >= 15 is 0 Å². The molecular weight excluding hydrogens is 194 g/mol. The third-order valence-corrected chi connectivity index (χ3v) is 3.15. The Kier molecular flexibility index (Phi) is 3.00. The van der Waals surface area contributed by atoms with Crippen LogP contribution >= 0.6 is 11.3 Å². The molecule has 0 atom stereocenters. The third kappa shape index (κ3) is 2.58. The number of nitrogens with one attached hydrogen (secondary N) is 1. The van der Waals surface area contributed by atoms with Gasteiger partial charge in [0.2, 0.25) is 5.91 Å². The second-order valence-corrected chi connectivity index (χ2v) is 5.81. The van der Waals surface area contributed by atoms with E-state index in [4.69, 9.17) is 0 Å². The standard InChI is InChI=1S/C11H17NOS/c1-7-6-9(14-8(7)2)12-10(13)11(3,4)5/h6H,1-5H3,(H,12,13). The fraction of sp³-hybridized carbons (Fsp3) is 0.545. The Morgan fingerprint density at radius 1 is 1.36 bits per heavy atom. The summed E-state index contributed by atoms with van der Waals surface area (Å²) in [5, 5.41) is 3.87. The second-order valence-electron chi connectivity index (χ2n) is 4.55. The molecule has 0 saturated heterocycles. The Bertz CT molecular complexity index is 327. The molecule has 0 aliphatic rings. The van der Waals surface area contributed by atoms with Crippen LogP contribution in [0.25, 0.3) is 0 Å². The van der Waals surface area contributed by atoms with Gasteiger partial charge >= 0.3 is 0 Å². The maximum Gasteiger partial charge on any atom is 0.230 e.